The maximum absolute atomic E-state index is 13.9. The molecule has 3 aromatic rings. The summed E-state index contributed by atoms with van der Waals surface area (Å²) in [6, 6.07) is 11.7. The number of aryl methyl sites for hydroxylation is 1. The number of carbonyl (C=O) groups is 1. The lowest BCUT2D eigenvalue weighted by molar-refractivity contribution is 0.102. The number of ether oxygens (including phenoxy) is 2. The van der Waals surface area contributed by atoms with E-state index in [2.05, 4.69) is 5.32 Å². The Morgan fingerprint density at radius 1 is 0.935 bits per heavy atom. The monoisotopic (exact) mass is 447 g/mol. The summed E-state index contributed by atoms with van der Waals surface area (Å²) in [7, 11) is -2.41. The highest BCUT2D eigenvalue weighted by molar-refractivity contribution is 7.90. The molecular weight excluding hydrogens is 428 g/mol. The van der Waals surface area contributed by atoms with E-state index in [4.69, 9.17) is 9.47 Å². The zero-order valence-corrected chi connectivity index (χ0v) is 17.7. The van der Waals surface area contributed by atoms with E-state index < -0.39 is 32.3 Å². The number of hydrogen-bond acceptors (Lipinski definition) is 5. The van der Waals surface area contributed by atoms with Crippen LogP contribution in [-0.2, 0) is 9.84 Å². The van der Waals surface area contributed by atoms with Crippen LogP contribution < -0.4 is 14.8 Å². The number of hydrogen-bond donors (Lipinski definition) is 1. The zero-order valence-electron chi connectivity index (χ0n) is 16.9. The van der Waals surface area contributed by atoms with Gasteiger partial charge in [-0.15, -0.1) is 0 Å². The van der Waals surface area contributed by atoms with Gasteiger partial charge in [-0.3, -0.25) is 4.79 Å². The molecule has 9 heteroatoms. The van der Waals surface area contributed by atoms with Gasteiger partial charge < -0.3 is 14.8 Å². The number of halogens is 2. The number of nitrogens with one attached hydrogen (secondary N) is 1. The van der Waals surface area contributed by atoms with Crippen LogP contribution in [0.5, 0.6) is 17.2 Å². The van der Waals surface area contributed by atoms with Crippen molar-refractivity contribution in [1.82, 2.24) is 0 Å². The van der Waals surface area contributed by atoms with Crippen molar-refractivity contribution in [3.05, 3.63) is 77.4 Å². The Hall–Kier alpha value is -3.46. The standard InChI is InChI=1S/C22H19F2NO5S/c1-13-4-8-19(20(10-13)29-2)30-18-9-6-15(23)12-17(18)25-22(26)14-5-7-16(24)21(11-14)31(3,27)28/h4-12H,1-3H3,(H,25,26). The molecule has 0 spiro atoms. The van der Waals surface area contributed by atoms with Crippen LogP contribution in [-0.4, -0.2) is 27.7 Å². The SMILES string of the molecule is COc1cc(C)ccc1Oc1ccc(F)cc1NC(=O)c1ccc(F)c(S(C)(=O)=O)c1. The number of carbonyl (C=O) groups excluding carboxylic acids is 1. The van der Waals surface area contributed by atoms with Gasteiger partial charge >= 0.3 is 0 Å². The fourth-order valence-corrected chi connectivity index (χ4v) is 3.55. The highest BCUT2D eigenvalue weighted by Gasteiger charge is 2.19. The summed E-state index contributed by atoms with van der Waals surface area (Å²) in [4.78, 5) is 12.0. The lowest BCUT2D eigenvalue weighted by Gasteiger charge is -2.15. The van der Waals surface area contributed by atoms with Crippen LogP contribution in [0.15, 0.2) is 59.5 Å². The minimum Gasteiger partial charge on any atom is -0.493 e. The first kappa shape index (κ1) is 22.2. The Kier molecular flexibility index (Phi) is 6.26. The molecule has 31 heavy (non-hydrogen) atoms. The summed E-state index contributed by atoms with van der Waals surface area (Å²) in [5.41, 5.74) is 0.817. The normalized spacial score (nSPS) is 11.1. The number of rotatable bonds is 6. The van der Waals surface area contributed by atoms with Crippen molar-refractivity contribution >= 4 is 21.4 Å². The molecule has 162 valence electrons. The van der Waals surface area contributed by atoms with Crippen molar-refractivity contribution in [2.75, 3.05) is 18.7 Å². The zero-order chi connectivity index (χ0) is 22.8. The molecular formula is C22H19F2NO5S. The van der Waals surface area contributed by atoms with E-state index in [0.29, 0.717) is 11.5 Å². The third kappa shape index (κ3) is 5.18. The number of sulfone groups is 1. The third-order valence-corrected chi connectivity index (χ3v) is 5.43. The molecule has 1 amide bonds. The molecule has 0 atom stereocenters. The highest BCUT2D eigenvalue weighted by Crippen LogP contribution is 2.36. The maximum Gasteiger partial charge on any atom is 0.255 e. The highest BCUT2D eigenvalue weighted by atomic mass is 32.2. The summed E-state index contributed by atoms with van der Waals surface area (Å²) < 4.78 is 62.2. The van der Waals surface area contributed by atoms with E-state index >= 15 is 0 Å². The molecule has 3 aromatic carbocycles. The minimum atomic E-state index is -3.88. The van der Waals surface area contributed by atoms with E-state index in [1.807, 2.05) is 6.92 Å². The van der Waals surface area contributed by atoms with Crippen molar-refractivity contribution in [1.29, 1.82) is 0 Å². The molecule has 0 aliphatic carbocycles. The van der Waals surface area contributed by atoms with Gasteiger partial charge in [-0.1, -0.05) is 6.07 Å². The van der Waals surface area contributed by atoms with Gasteiger partial charge in [-0.2, -0.15) is 0 Å². The Labute approximate surface area is 178 Å². The third-order valence-electron chi connectivity index (χ3n) is 4.32. The number of methoxy groups -OCH3 is 1. The van der Waals surface area contributed by atoms with Gasteiger partial charge in [0, 0.05) is 17.9 Å². The van der Waals surface area contributed by atoms with E-state index in [-0.39, 0.29) is 17.0 Å². The Balaban J connectivity index is 1.94. The van der Waals surface area contributed by atoms with Crippen molar-refractivity contribution in [2.45, 2.75) is 11.8 Å². The van der Waals surface area contributed by atoms with E-state index in [9.17, 15) is 22.0 Å². The van der Waals surface area contributed by atoms with Gasteiger partial charge in [0.1, 0.15) is 16.5 Å². The Morgan fingerprint density at radius 3 is 2.32 bits per heavy atom. The number of benzene rings is 3. The van der Waals surface area contributed by atoms with E-state index in [1.165, 1.54) is 13.2 Å². The number of anilines is 1. The quantitative estimate of drug-likeness (QED) is 0.591. The average molecular weight is 447 g/mol. The van der Waals surface area contributed by atoms with Crippen LogP contribution in [0.2, 0.25) is 0 Å². The number of amides is 1. The van der Waals surface area contributed by atoms with Crippen molar-refractivity contribution in [3.8, 4) is 17.2 Å². The van der Waals surface area contributed by atoms with Crippen LogP contribution in [0.25, 0.3) is 0 Å². The van der Waals surface area contributed by atoms with Gasteiger partial charge in [-0.25, -0.2) is 17.2 Å². The Morgan fingerprint density at radius 2 is 1.65 bits per heavy atom. The molecule has 0 saturated carbocycles. The Bertz CT molecular complexity index is 1260. The molecule has 0 aliphatic heterocycles. The van der Waals surface area contributed by atoms with Crippen LogP contribution in [0.3, 0.4) is 0 Å². The molecule has 0 aliphatic rings. The summed E-state index contributed by atoms with van der Waals surface area (Å²) >= 11 is 0. The topological polar surface area (TPSA) is 81.7 Å². The van der Waals surface area contributed by atoms with Gasteiger partial charge in [0.25, 0.3) is 5.91 Å². The summed E-state index contributed by atoms with van der Waals surface area (Å²) in [6.07, 6.45) is 0.834. The molecule has 0 fully saturated rings. The molecule has 0 radical (unpaired) electrons. The van der Waals surface area contributed by atoms with Crippen molar-refractivity contribution in [2.24, 2.45) is 0 Å². The minimum absolute atomic E-state index is 0.00198. The van der Waals surface area contributed by atoms with Crippen molar-refractivity contribution in [3.63, 3.8) is 0 Å². The van der Waals surface area contributed by atoms with E-state index in [1.54, 1.807) is 18.2 Å². The predicted octanol–water partition coefficient (Wildman–Crippen LogP) is 4.73. The van der Waals surface area contributed by atoms with E-state index in [0.717, 1.165) is 42.2 Å². The van der Waals surface area contributed by atoms with Gasteiger partial charge in [0.15, 0.2) is 27.1 Å². The average Bonchev–Trinajstić information content (AvgIpc) is 2.70. The van der Waals surface area contributed by atoms with Crippen LogP contribution in [0, 0.1) is 18.6 Å². The van der Waals surface area contributed by atoms with Gasteiger partial charge in [-0.05, 0) is 55.0 Å². The van der Waals surface area contributed by atoms with Crippen LogP contribution in [0.4, 0.5) is 14.5 Å². The summed E-state index contributed by atoms with van der Waals surface area (Å²) in [6.45, 7) is 1.88. The second kappa shape index (κ2) is 8.73. The molecule has 0 saturated heterocycles. The molecule has 0 aromatic heterocycles. The molecule has 3 rings (SSSR count). The van der Waals surface area contributed by atoms with Crippen LogP contribution >= 0.6 is 0 Å². The summed E-state index contributed by atoms with van der Waals surface area (Å²) in [5.74, 6) is -1.46. The smallest absolute Gasteiger partial charge is 0.255 e. The molecule has 0 heterocycles. The molecule has 0 bridgehead atoms. The molecule has 6 nitrogen and oxygen atoms in total. The first-order valence-electron chi connectivity index (χ1n) is 9.01. The second-order valence-corrected chi connectivity index (χ2v) is 8.75. The summed E-state index contributed by atoms with van der Waals surface area (Å²) in [5, 5.41) is 2.47. The fourth-order valence-electron chi connectivity index (χ4n) is 2.79. The van der Waals surface area contributed by atoms with Gasteiger partial charge in [0.05, 0.1) is 12.8 Å². The second-order valence-electron chi connectivity index (χ2n) is 6.77. The molecule has 1 N–H and O–H groups in total. The first-order valence-corrected chi connectivity index (χ1v) is 10.9. The van der Waals surface area contributed by atoms with Crippen LogP contribution in [0.1, 0.15) is 15.9 Å². The maximum atomic E-state index is 13.9. The largest absolute Gasteiger partial charge is 0.493 e. The first-order chi connectivity index (χ1) is 14.6. The van der Waals surface area contributed by atoms with Crippen molar-refractivity contribution < 1.29 is 31.5 Å². The predicted molar refractivity (Wildman–Crippen MR) is 112 cm³/mol. The molecule has 0 unspecified atom stereocenters. The fraction of sp³-hybridized carbons (Fsp3) is 0.136. The van der Waals surface area contributed by atoms with Gasteiger partial charge in [0.2, 0.25) is 0 Å². The lowest BCUT2D eigenvalue weighted by atomic mass is 10.2. The lowest BCUT2D eigenvalue weighted by Crippen LogP contribution is -2.14.